The normalized spacial score (nSPS) is 12.0. The molecule has 0 aliphatic rings. The van der Waals surface area contributed by atoms with E-state index in [-0.39, 0.29) is 24.3 Å². The van der Waals surface area contributed by atoms with Crippen LogP contribution < -0.4 is 5.32 Å². The Balaban J connectivity index is 2.00. The molecule has 23 heavy (non-hydrogen) atoms. The Hall–Kier alpha value is -1.65. The van der Waals surface area contributed by atoms with E-state index in [1.807, 2.05) is 0 Å². The minimum absolute atomic E-state index is 0.00258. The van der Waals surface area contributed by atoms with Crippen molar-refractivity contribution >= 4 is 29.1 Å². The highest BCUT2D eigenvalue weighted by molar-refractivity contribution is 6.36. The number of halogens is 4. The van der Waals surface area contributed by atoms with Crippen molar-refractivity contribution in [1.29, 1.82) is 0 Å². The van der Waals surface area contributed by atoms with Crippen LogP contribution in [0.2, 0.25) is 10.0 Å². The summed E-state index contributed by atoms with van der Waals surface area (Å²) in [6.45, 7) is 1.68. The third-order valence-electron chi connectivity index (χ3n) is 3.38. The number of nitrogens with one attached hydrogen (secondary N) is 1. The number of hydrogen-bond donors (Lipinski definition) is 1. The summed E-state index contributed by atoms with van der Waals surface area (Å²) in [4.78, 5) is 12.1. The molecule has 2 aromatic rings. The van der Waals surface area contributed by atoms with E-state index in [2.05, 4.69) is 5.32 Å². The molecule has 0 fully saturated rings. The molecule has 1 atom stereocenters. The zero-order valence-corrected chi connectivity index (χ0v) is 13.9. The molecule has 1 N–H and O–H groups in total. The number of amides is 1. The maximum absolute atomic E-state index is 13.6. The van der Waals surface area contributed by atoms with Crippen molar-refractivity contribution in [2.24, 2.45) is 0 Å². The number of hydrogen-bond acceptors (Lipinski definition) is 1. The first kappa shape index (κ1) is 17.7. The first-order valence-corrected chi connectivity index (χ1v) is 7.79. The van der Waals surface area contributed by atoms with E-state index in [0.717, 1.165) is 0 Å². The zero-order valence-electron chi connectivity index (χ0n) is 12.4. The second-order valence-corrected chi connectivity index (χ2v) is 6.06. The average Bonchev–Trinajstić information content (AvgIpc) is 2.47. The minimum atomic E-state index is -0.625. The van der Waals surface area contributed by atoms with Crippen LogP contribution in [0.5, 0.6) is 0 Å². The standard InChI is InChI=1S/C17H15Cl2F2NO/c1-10(8-12-15(20)6-3-7-16(12)21)22-17(23)9-11-13(18)4-2-5-14(11)19/h2-7,10H,8-9H2,1H3,(H,22,23). The highest BCUT2D eigenvalue weighted by Gasteiger charge is 2.16. The van der Waals surface area contributed by atoms with E-state index in [1.165, 1.54) is 18.2 Å². The van der Waals surface area contributed by atoms with Gasteiger partial charge in [0.1, 0.15) is 11.6 Å². The second kappa shape index (κ2) is 7.75. The Morgan fingerprint density at radius 3 is 2.13 bits per heavy atom. The van der Waals surface area contributed by atoms with Crippen LogP contribution in [0.4, 0.5) is 8.78 Å². The van der Waals surface area contributed by atoms with E-state index < -0.39 is 17.7 Å². The summed E-state index contributed by atoms with van der Waals surface area (Å²) in [5.41, 5.74) is 0.480. The molecule has 2 nitrogen and oxygen atoms in total. The molecule has 0 saturated carbocycles. The van der Waals surface area contributed by atoms with Crippen LogP contribution in [0.25, 0.3) is 0 Å². The van der Waals surface area contributed by atoms with Crippen molar-refractivity contribution in [1.82, 2.24) is 5.32 Å². The number of benzene rings is 2. The lowest BCUT2D eigenvalue weighted by atomic mass is 10.1. The summed E-state index contributed by atoms with van der Waals surface area (Å²) in [7, 11) is 0. The Morgan fingerprint density at radius 2 is 1.57 bits per heavy atom. The Morgan fingerprint density at radius 1 is 1.04 bits per heavy atom. The lowest BCUT2D eigenvalue weighted by Crippen LogP contribution is -2.35. The van der Waals surface area contributed by atoms with Crippen molar-refractivity contribution in [2.75, 3.05) is 0 Å². The van der Waals surface area contributed by atoms with Crippen LogP contribution in [0.3, 0.4) is 0 Å². The SMILES string of the molecule is CC(Cc1c(F)cccc1F)NC(=O)Cc1c(Cl)cccc1Cl. The monoisotopic (exact) mass is 357 g/mol. The van der Waals surface area contributed by atoms with Gasteiger partial charge in [-0.05, 0) is 43.2 Å². The van der Waals surface area contributed by atoms with Gasteiger partial charge < -0.3 is 5.32 Å². The third kappa shape index (κ3) is 4.66. The number of carbonyl (C=O) groups excluding carboxylic acids is 1. The van der Waals surface area contributed by atoms with E-state index >= 15 is 0 Å². The first-order chi connectivity index (χ1) is 10.9. The molecule has 2 rings (SSSR count). The van der Waals surface area contributed by atoms with Crippen LogP contribution in [0.1, 0.15) is 18.1 Å². The van der Waals surface area contributed by atoms with Gasteiger partial charge in [-0.25, -0.2) is 8.78 Å². The van der Waals surface area contributed by atoms with E-state index in [0.29, 0.717) is 15.6 Å². The maximum Gasteiger partial charge on any atom is 0.224 e. The smallest absolute Gasteiger partial charge is 0.224 e. The summed E-state index contributed by atoms with van der Waals surface area (Å²) >= 11 is 12.0. The zero-order chi connectivity index (χ0) is 17.0. The highest BCUT2D eigenvalue weighted by Crippen LogP contribution is 2.24. The van der Waals surface area contributed by atoms with E-state index in [1.54, 1.807) is 25.1 Å². The fourth-order valence-corrected chi connectivity index (χ4v) is 2.80. The maximum atomic E-state index is 13.6. The Bertz CT molecular complexity index is 681. The van der Waals surface area contributed by atoms with Crippen LogP contribution in [-0.4, -0.2) is 11.9 Å². The van der Waals surface area contributed by atoms with Gasteiger partial charge >= 0.3 is 0 Å². The second-order valence-electron chi connectivity index (χ2n) is 5.25. The molecule has 1 amide bonds. The van der Waals surface area contributed by atoms with Crippen molar-refractivity contribution < 1.29 is 13.6 Å². The number of rotatable bonds is 5. The van der Waals surface area contributed by atoms with Gasteiger partial charge in [0.05, 0.1) is 6.42 Å². The van der Waals surface area contributed by atoms with Crippen LogP contribution in [0, 0.1) is 11.6 Å². The molecule has 0 aliphatic carbocycles. The summed E-state index contributed by atoms with van der Waals surface area (Å²) in [5.74, 6) is -1.57. The van der Waals surface area contributed by atoms with E-state index in [9.17, 15) is 13.6 Å². The highest BCUT2D eigenvalue weighted by atomic mass is 35.5. The van der Waals surface area contributed by atoms with Gasteiger partial charge in [0.2, 0.25) is 5.91 Å². The van der Waals surface area contributed by atoms with Gasteiger partial charge in [0.25, 0.3) is 0 Å². The molecule has 2 aromatic carbocycles. The van der Waals surface area contributed by atoms with Gasteiger partial charge in [-0.1, -0.05) is 35.3 Å². The fourth-order valence-electron chi connectivity index (χ4n) is 2.27. The van der Waals surface area contributed by atoms with Crippen LogP contribution in [0.15, 0.2) is 36.4 Å². The molecular weight excluding hydrogens is 343 g/mol. The largest absolute Gasteiger partial charge is 0.353 e. The molecule has 6 heteroatoms. The lowest BCUT2D eigenvalue weighted by molar-refractivity contribution is -0.121. The minimum Gasteiger partial charge on any atom is -0.353 e. The molecule has 0 spiro atoms. The van der Waals surface area contributed by atoms with Crippen LogP contribution in [-0.2, 0) is 17.6 Å². The summed E-state index contributed by atoms with van der Waals surface area (Å²) in [6.07, 6.45) is 0.0586. The fraction of sp³-hybridized carbons (Fsp3) is 0.235. The van der Waals surface area contributed by atoms with Gasteiger partial charge in [0, 0.05) is 21.7 Å². The van der Waals surface area contributed by atoms with Gasteiger partial charge in [-0.2, -0.15) is 0 Å². The summed E-state index contributed by atoms with van der Waals surface area (Å²) in [5, 5.41) is 3.50. The molecule has 1 unspecified atom stereocenters. The predicted molar refractivity (Wildman–Crippen MR) is 87.8 cm³/mol. The van der Waals surface area contributed by atoms with Crippen molar-refractivity contribution in [3.8, 4) is 0 Å². The van der Waals surface area contributed by atoms with Crippen molar-refractivity contribution in [3.05, 3.63) is 69.2 Å². The van der Waals surface area contributed by atoms with E-state index in [4.69, 9.17) is 23.2 Å². The Labute approximate surface area is 143 Å². The first-order valence-electron chi connectivity index (χ1n) is 7.03. The van der Waals surface area contributed by atoms with Crippen molar-refractivity contribution in [2.45, 2.75) is 25.8 Å². The lowest BCUT2D eigenvalue weighted by Gasteiger charge is -2.15. The summed E-state index contributed by atoms with van der Waals surface area (Å²) < 4.78 is 27.2. The molecule has 0 bridgehead atoms. The van der Waals surface area contributed by atoms with Crippen LogP contribution >= 0.6 is 23.2 Å². The molecule has 0 radical (unpaired) electrons. The van der Waals surface area contributed by atoms with Gasteiger partial charge in [-0.15, -0.1) is 0 Å². The average molecular weight is 358 g/mol. The topological polar surface area (TPSA) is 29.1 Å². The third-order valence-corrected chi connectivity index (χ3v) is 4.09. The van der Waals surface area contributed by atoms with Crippen molar-refractivity contribution in [3.63, 3.8) is 0 Å². The molecule has 122 valence electrons. The molecule has 0 saturated heterocycles. The molecule has 0 heterocycles. The summed E-state index contributed by atoms with van der Waals surface area (Å²) in [6, 6.07) is 8.23. The van der Waals surface area contributed by atoms with Gasteiger partial charge in [0.15, 0.2) is 0 Å². The number of carbonyl (C=O) groups is 1. The molecule has 0 aromatic heterocycles. The quantitative estimate of drug-likeness (QED) is 0.834. The van der Waals surface area contributed by atoms with Gasteiger partial charge in [-0.3, -0.25) is 4.79 Å². The molecular formula is C17H15Cl2F2NO. The predicted octanol–water partition coefficient (Wildman–Crippen LogP) is 4.56. The molecule has 0 aliphatic heterocycles. The Kier molecular flexibility index (Phi) is 5.97.